The Morgan fingerprint density at radius 3 is 2.35 bits per heavy atom. The van der Waals surface area contributed by atoms with Crippen molar-refractivity contribution in [2.75, 3.05) is 7.11 Å². The lowest BCUT2D eigenvalue weighted by molar-refractivity contribution is -0.131. The Morgan fingerprint density at radius 2 is 1.94 bits per heavy atom. The summed E-state index contributed by atoms with van der Waals surface area (Å²) in [7, 11) is 1.49. The molecule has 0 aliphatic rings. The van der Waals surface area contributed by atoms with Crippen molar-refractivity contribution in [3.05, 3.63) is 27.7 Å². The Labute approximate surface area is 108 Å². The lowest BCUT2D eigenvalue weighted by Crippen LogP contribution is -2.13. The third-order valence-corrected chi connectivity index (χ3v) is 3.00. The molecule has 1 N–H and O–H groups in total. The first-order chi connectivity index (χ1) is 7.88. The van der Waals surface area contributed by atoms with E-state index in [-0.39, 0.29) is 11.5 Å². The van der Waals surface area contributed by atoms with E-state index in [1.165, 1.54) is 19.2 Å². The molecule has 0 saturated carbocycles. The normalized spacial score (nSPS) is 10.4. The topological polar surface area (TPSA) is 63.6 Å². The molecule has 92 valence electrons. The standard InChI is InChI=1S/C12H13BrO4/c1-6(2)10-8(13)4-7(5-9(10)17-3)11(14)12(15)16/h4-6H,1-3H3,(H,15,16). The van der Waals surface area contributed by atoms with Gasteiger partial charge in [0, 0.05) is 15.6 Å². The van der Waals surface area contributed by atoms with Crippen LogP contribution in [-0.4, -0.2) is 24.0 Å². The SMILES string of the molecule is COc1cc(C(=O)C(=O)O)cc(Br)c1C(C)C. The smallest absolute Gasteiger partial charge is 0.377 e. The molecule has 0 unspecified atom stereocenters. The van der Waals surface area contributed by atoms with Gasteiger partial charge in [-0.1, -0.05) is 29.8 Å². The molecule has 0 amide bonds. The molecule has 1 rings (SSSR count). The molecule has 0 fully saturated rings. The first-order valence-corrected chi connectivity index (χ1v) is 5.82. The van der Waals surface area contributed by atoms with E-state index in [1.54, 1.807) is 0 Å². The van der Waals surface area contributed by atoms with Crippen molar-refractivity contribution in [2.45, 2.75) is 19.8 Å². The Hall–Kier alpha value is -1.36. The Bertz CT molecular complexity index is 466. The Morgan fingerprint density at radius 1 is 1.35 bits per heavy atom. The fourth-order valence-electron chi connectivity index (χ4n) is 1.58. The highest BCUT2D eigenvalue weighted by molar-refractivity contribution is 9.10. The molecule has 0 radical (unpaired) electrons. The number of carboxylic acid groups (broad SMARTS) is 1. The highest BCUT2D eigenvalue weighted by Gasteiger charge is 2.20. The second kappa shape index (κ2) is 5.31. The number of benzene rings is 1. The molecule has 1 aromatic carbocycles. The van der Waals surface area contributed by atoms with Crippen molar-refractivity contribution in [2.24, 2.45) is 0 Å². The average molecular weight is 301 g/mol. The maximum Gasteiger partial charge on any atom is 0.377 e. The predicted octanol–water partition coefficient (Wildman–Crippen LogP) is 2.85. The number of ether oxygens (including phenoxy) is 1. The molecule has 0 aliphatic carbocycles. The van der Waals surface area contributed by atoms with Crippen LogP contribution in [0.3, 0.4) is 0 Å². The number of Topliss-reactive ketones (excluding diaryl/α,β-unsaturated/α-hetero) is 1. The fourth-order valence-corrected chi connectivity index (χ4v) is 2.48. The molecule has 0 atom stereocenters. The fraction of sp³-hybridized carbons (Fsp3) is 0.333. The van der Waals surface area contributed by atoms with E-state index in [1.807, 2.05) is 13.8 Å². The van der Waals surface area contributed by atoms with Gasteiger partial charge in [0.05, 0.1) is 7.11 Å². The number of hydrogen-bond donors (Lipinski definition) is 1. The van der Waals surface area contributed by atoms with Gasteiger partial charge in [-0.25, -0.2) is 4.79 Å². The monoisotopic (exact) mass is 300 g/mol. The largest absolute Gasteiger partial charge is 0.496 e. The first kappa shape index (κ1) is 13.7. The summed E-state index contributed by atoms with van der Waals surface area (Å²) in [5, 5.41) is 8.66. The van der Waals surface area contributed by atoms with Crippen LogP contribution in [0.25, 0.3) is 0 Å². The summed E-state index contributed by atoms with van der Waals surface area (Å²) in [5.41, 5.74) is 1.01. The zero-order valence-corrected chi connectivity index (χ0v) is 11.4. The number of carboxylic acids is 1. The molecule has 5 heteroatoms. The second-order valence-electron chi connectivity index (χ2n) is 3.86. The maximum atomic E-state index is 11.4. The molecule has 0 heterocycles. The van der Waals surface area contributed by atoms with Crippen LogP contribution in [0.2, 0.25) is 0 Å². The lowest BCUT2D eigenvalue weighted by atomic mass is 9.99. The van der Waals surface area contributed by atoms with Crippen molar-refractivity contribution >= 4 is 27.7 Å². The highest BCUT2D eigenvalue weighted by Crippen LogP contribution is 2.34. The van der Waals surface area contributed by atoms with Gasteiger partial charge in [0.2, 0.25) is 0 Å². The number of aliphatic carboxylic acids is 1. The molecule has 17 heavy (non-hydrogen) atoms. The summed E-state index contributed by atoms with van der Waals surface area (Å²) in [4.78, 5) is 22.0. The van der Waals surface area contributed by atoms with Crippen LogP contribution < -0.4 is 4.74 Å². The minimum atomic E-state index is -1.48. The molecule has 0 aromatic heterocycles. The number of ketones is 1. The van der Waals surface area contributed by atoms with E-state index in [4.69, 9.17) is 9.84 Å². The molecular weight excluding hydrogens is 288 g/mol. The van der Waals surface area contributed by atoms with Crippen molar-refractivity contribution in [1.82, 2.24) is 0 Å². The average Bonchev–Trinajstić information content (AvgIpc) is 2.25. The van der Waals surface area contributed by atoms with Crippen LogP contribution in [0.15, 0.2) is 16.6 Å². The number of halogens is 1. The molecule has 1 aromatic rings. The van der Waals surface area contributed by atoms with Gasteiger partial charge in [-0.3, -0.25) is 4.79 Å². The van der Waals surface area contributed by atoms with Crippen molar-refractivity contribution < 1.29 is 19.4 Å². The first-order valence-electron chi connectivity index (χ1n) is 5.03. The Kier molecular flexibility index (Phi) is 4.28. The number of rotatable bonds is 4. The summed E-state index contributed by atoms with van der Waals surface area (Å²) >= 11 is 3.33. The van der Waals surface area contributed by atoms with E-state index in [0.717, 1.165) is 5.56 Å². The van der Waals surface area contributed by atoms with Gasteiger partial charge in [0.25, 0.3) is 5.78 Å². The number of carbonyl (C=O) groups is 2. The molecule has 0 aliphatic heterocycles. The van der Waals surface area contributed by atoms with Crippen LogP contribution in [0.1, 0.15) is 35.7 Å². The van der Waals surface area contributed by atoms with E-state index in [2.05, 4.69) is 15.9 Å². The van der Waals surface area contributed by atoms with Crippen molar-refractivity contribution in [1.29, 1.82) is 0 Å². The van der Waals surface area contributed by atoms with Gasteiger partial charge < -0.3 is 9.84 Å². The third-order valence-electron chi connectivity index (χ3n) is 2.35. The van der Waals surface area contributed by atoms with Crippen LogP contribution in [0.4, 0.5) is 0 Å². The van der Waals surface area contributed by atoms with Gasteiger partial charge >= 0.3 is 5.97 Å². The van der Waals surface area contributed by atoms with Crippen LogP contribution in [-0.2, 0) is 4.79 Å². The predicted molar refractivity (Wildman–Crippen MR) is 66.7 cm³/mol. The van der Waals surface area contributed by atoms with Crippen molar-refractivity contribution in [3.63, 3.8) is 0 Å². The molecule has 0 bridgehead atoms. The van der Waals surface area contributed by atoms with Gasteiger partial charge in [-0.2, -0.15) is 0 Å². The lowest BCUT2D eigenvalue weighted by Gasteiger charge is -2.15. The summed E-state index contributed by atoms with van der Waals surface area (Å²) in [5.74, 6) is -1.71. The van der Waals surface area contributed by atoms with Gasteiger partial charge in [0.15, 0.2) is 0 Å². The third kappa shape index (κ3) is 2.85. The Balaban J connectivity index is 3.37. The summed E-state index contributed by atoms with van der Waals surface area (Å²) < 4.78 is 5.86. The van der Waals surface area contributed by atoms with Crippen LogP contribution >= 0.6 is 15.9 Å². The maximum absolute atomic E-state index is 11.4. The zero-order valence-electron chi connectivity index (χ0n) is 9.78. The summed E-state index contributed by atoms with van der Waals surface area (Å²) in [6.07, 6.45) is 0. The van der Waals surface area contributed by atoms with E-state index in [9.17, 15) is 9.59 Å². The van der Waals surface area contributed by atoms with Gasteiger partial charge in [0.1, 0.15) is 5.75 Å². The van der Waals surface area contributed by atoms with Crippen LogP contribution in [0, 0.1) is 0 Å². The minimum absolute atomic E-state index is 0.102. The van der Waals surface area contributed by atoms with Gasteiger partial charge in [-0.05, 0) is 18.1 Å². The van der Waals surface area contributed by atoms with E-state index in [0.29, 0.717) is 10.2 Å². The van der Waals surface area contributed by atoms with Crippen LogP contribution in [0.5, 0.6) is 5.75 Å². The van der Waals surface area contributed by atoms with Gasteiger partial charge in [-0.15, -0.1) is 0 Å². The minimum Gasteiger partial charge on any atom is -0.496 e. The van der Waals surface area contributed by atoms with E-state index >= 15 is 0 Å². The molecule has 4 nitrogen and oxygen atoms in total. The summed E-state index contributed by atoms with van der Waals surface area (Å²) in [6.45, 7) is 3.97. The number of hydrogen-bond acceptors (Lipinski definition) is 3. The number of carbonyl (C=O) groups excluding carboxylic acids is 1. The van der Waals surface area contributed by atoms with Crippen molar-refractivity contribution in [3.8, 4) is 5.75 Å². The molecule has 0 spiro atoms. The highest BCUT2D eigenvalue weighted by atomic mass is 79.9. The quantitative estimate of drug-likeness (QED) is 0.686. The molecular formula is C12H13BrO4. The zero-order chi connectivity index (χ0) is 13.2. The van der Waals surface area contributed by atoms with E-state index < -0.39 is 11.8 Å². The summed E-state index contributed by atoms with van der Waals surface area (Å²) in [6, 6.07) is 2.96. The second-order valence-corrected chi connectivity index (χ2v) is 4.72. The number of methoxy groups -OCH3 is 1. The molecule has 0 saturated heterocycles.